The van der Waals surface area contributed by atoms with Gasteiger partial charge < -0.3 is 14.8 Å². The van der Waals surface area contributed by atoms with Crippen LogP contribution in [0.1, 0.15) is 12.0 Å². The summed E-state index contributed by atoms with van der Waals surface area (Å²) < 4.78 is 11.2. The number of nitrogens with zero attached hydrogens (tertiary/aromatic N) is 1. The Balaban J connectivity index is 1.57. The fraction of sp³-hybridized carbons (Fsp3) is 0.211. The lowest BCUT2D eigenvalue weighted by Crippen LogP contribution is -2.40. The molecule has 0 radical (unpaired) electrons. The molecule has 1 fully saturated rings. The van der Waals surface area contributed by atoms with E-state index in [-0.39, 0.29) is 25.7 Å². The van der Waals surface area contributed by atoms with Gasteiger partial charge in [0.25, 0.3) is 0 Å². The molecule has 2 aromatic rings. The molecule has 1 heterocycles. The van der Waals surface area contributed by atoms with Crippen molar-refractivity contribution in [3.05, 3.63) is 63.7 Å². The Labute approximate surface area is 169 Å². The number of carbonyl (C=O) groups is 3. The van der Waals surface area contributed by atoms with E-state index in [0.29, 0.717) is 5.69 Å². The highest BCUT2D eigenvalue weighted by Crippen LogP contribution is 2.18. The van der Waals surface area contributed by atoms with E-state index in [1.54, 1.807) is 12.1 Å². The van der Waals surface area contributed by atoms with Crippen molar-refractivity contribution in [2.45, 2.75) is 19.1 Å². The normalized spacial score (nSPS) is 16.0. The average molecular weight is 480 g/mol. The van der Waals surface area contributed by atoms with Gasteiger partial charge in [-0.15, -0.1) is 0 Å². The first-order chi connectivity index (χ1) is 13.0. The van der Waals surface area contributed by atoms with Crippen LogP contribution >= 0.6 is 22.6 Å². The zero-order chi connectivity index (χ0) is 19.2. The Morgan fingerprint density at radius 3 is 2.56 bits per heavy atom. The maximum Gasteiger partial charge on any atom is 0.413 e. The lowest BCUT2D eigenvalue weighted by Gasteiger charge is -2.19. The SMILES string of the molecule is O=C(C[C@@H]1C(=O)OCN1C(=O)OCc1ccccc1)Nc1ccc(I)cc1. The number of benzene rings is 2. The van der Waals surface area contributed by atoms with Gasteiger partial charge >= 0.3 is 12.1 Å². The van der Waals surface area contributed by atoms with Crippen molar-refractivity contribution in [2.75, 3.05) is 12.0 Å². The Kier molecular flexibility index (Phi) is 6.28. The third-order valence-electron chi connectivity index (χ3n) is 3.94. The molecule has 0 aromatic heterocycles. The second-order valence-electron chi connectivity index (χ2n) is 5.88. The van der Waals surface area contributed by atoms with E-state index in [1.165, 1.54) is 0 Å². The van der Waals surface area contributed by atoms with Crippen molar-refractivity contribution < 1.29 is 23.9 Å². The van der Waals surface area contributed by atoms with E-state index in [9.17, 15) is 14.4 Å². The number of cyclic esters (lactones) is 1. The van der Waals surface area contributed by atoms with Crippen LogP contribution in [0.15, 0.2) is 54.6 Å². The number of nitrogens with one attached hydrogen (secondary N) is 1. The highest BCUT2D eigenvalue weighted by atomic mass is 127. The number of amides is 2. The number of ether oxygens (including phenoxy) is 2. The number of hydrogen-bond acceptors (Lipinski definition) is 5. The molecule has 1 aliphatic rings. The number of rotatable bonds is 5. The molecule has 2 aromatic carbocycles. The predicted molar refractivity (Wildman–Crippen MR) is 106 cm³/mol. The Bertz CT molecular complexity index is 826. The van der Waals surface area contributed by atoms with Gasteiger partial charge in [0.05, 0.1) is 6.42 Å². The van der Waals surface area contributed by atoms with Crippen LogP contribution in [0, 0.1) is 3.57 Å². The molecule has 3 rings (SSSR count). The van der Waals surface area contributed by atoms with Crippen LogP contribution in [0.2, 0.25) is 0 Å². The lowest BCUT2D eigenvalue weighted by molar-refractivity contribution is -0.140. The highest BCUT2D eigenvalue weighted by Gasteiger charge is 2.40. The minimum Gasteiger partial charge on any atom is -0.444 e. The first-order valence-corrected chi connectivity index (χ1v) is 9.30. The Morgan fingerprint density at radius 2 is 1.85 bits per heavy atom. The Hall–Kier alpha value is -2.62. The maximum absolute atomic E-state index is 12.3. The predicted octanol–water partition coefficient (Wildman–Crippen LogP) is 3.14. The van der Waals surface area contributed by atoms with Crippen LogP contribution in [0.25, 0.3) is 0 Å². The summed E-state index contributed by atoms with van der Waals surface area (Å²) in [6.07, 6.45) is -0.901. The van der Waals surface area contributed by atoms with Crippen LogP contribution in [0.4, 0.5) is 10.5 Å². The molecule has 1 N–H and O–H groups in total. The topological polar surface area (TPSA) is 84.9 Å². The largest absolute Gasteiger partial charge is 0.444 e. The first-order valence-electron chi connectivity index (χ1n) is 8.22. The van der Waals surface area contributed by atoms with Crippen LogP contribution in [-0.4, -0.2) is 35.6 Å². The first kappa shape index (κ1) is 19.2. The smallest absolute Gasteiger partial charge is 0.413 e. The second kappa shape index (κ2) is 8.85. The summed E-state index contributed by atoms with van der Waals surface area (Å²) in [5.41, 5.74) is 1.44. The monoisotopic (exact) mass is 480 g/mol. The van der Waals surface area contributed by atoms with Crippen LogP contribution in [-0.2, 0) is 25.7 Å². The molecule has 27 heavy (non-hydrogen) atoms. The zero-order valence-corrected chi connectivity index (χ0v) is 16.4. The molecule has 0 spiro atoms. The van der Waals surface area contributed by atoms with E-state index < -0.39 is 18.1 Å². The minimum atomic E-state index is -1.00. The fourth-order valence-electron chi connectivity index (χ4n) is 2.54. The van der Waals surface area contributed by atoms with Crippen molar-refractivity contribution in [3.8, 4) is 0 Å². The van der Waals surface area contributed by atoms with Crippen molar-refractivity contribution in [2.24, 2.45) is 0 Å². The summed E-state index contributed by atoms with van der Waals surface area (Å²) in [5, 5.41) is 2.71. The summed E-state index contributed by atoms with van der Waals surface area (Å²) in [6.45, 7) is -0.153. The van der Waals surface area contributed by atoms with Gasteiger partial charge in [-0.1, -0.05) is 30.3 Å². The fourth-order valence-corrected chi connectivity index (χ4v) is 2.90. The number of anilines is 1. The molecule has 1 aliphatic heterocycles. The van der Waals surface area contributed by atoms with E-state index in [4.69, 9.17) is 9.47 Å². The van der Waals surface area contributed by atoms with E-state index in [2.05, 4.69) is 27.9 Å². The van der Waals surface area contributed by atoms with Gasteiger partial charge in [-0.2, -0.15) is 0 Å². The van der Waals surface area contributed by atoms with E-state index in [1.807, 2.05) is 42.5 Å². The van der Waals surface area contributed by atoms with Crippen molar-refractivity contribution in [3.63, 3.8) is 0 Å². The molecule has 0 aliphatic carbocycles. The third-order valence-corrected chi connectivity index (χ3v) is 4.66. The third kappa shape index (κ3) is 5.19. The van der Waals surface area contributed by atoms with Gasteiger partial charge in [-0.25, -0.2) is 9.59 Å². The van der Waals surface area contributed by atoms with Crippen molar-refractivity contribution in [1.82, 2.24) is 4.90 Å². The molecule has 1 saturated heterocycles. The Morgan fingerprint density at radius 1 is 1.15 bits per heavy atom. The van der Waals surface area contributed by atoms with Gasteiger partial charge in [0.2, 0.25) is 5.91 Å². The van der Waals surface area contributed by atoms with Gasteiger partial charge in [-0.3, -0.25) is 9.69 Å². The molecule has 0 bridgehead atoms. The molecular formula is C19H17IN2O5. The van der Waals surface area contributed by atoms with Gasteiger partial charge in [-0.05, 0) is 52.4 Å². The summed E-state index contributed by atoms with van der Waals surface area (Å²) in [5.74, 6) is -1.01. The van der Waals surface area contributed by atoms with Gasteiger partial charge in [0, 0.05) is 9.26 Å². The molecule has 1 atom stereocenters. The zero-order valence-electron chi connectivity index (χ0n) is 14.3. The molecule has 7 nitrogen and oxygen atoms in total. The quantitative estimate of drug-likeness (QED) is 0.525. The summed E-state index contributed by atoms with van der Waals surface area (Å²) in [6, 6.07) is 15.4. The molecule has 8 heteroatoms. The van der Waals surface area contributed by atoms with Crippen LogP contribution in [0.3, 0.4) is 0 Å². The summed E-state index contributed by atoms with van der Waals surface area (Å²) in [7, 11) is 0. The lowest BCUT2D eigenvalue weighted by atomic mass is 10.2. The molecule has 140 valence electrons. The molecular weight excluding hydrogens is 463 g/mol. The van der Waals surface area contributed by atoms with Crippen LogP contribution < -0.4 is 5.32 Å². The maximum atomic E-state index is 12.3. The number of hydrogen-bond donors (Lipinski definition) is 1. The van der Waals surface area contributed by atoms with E-state index in [0.717, 1.165) is 14.0 Å². The number of carbonyl (C=O) groups excluding carboxylic acids is 3. The van der Waals surface area contributed by atoms with Crippen molar-refractivity contribution in [1.29, 1.82) is 0 Å². The average Bonchev–Trinajstić information content (AvgIpc) is 3.03. The van der Waals surface area contributed by atoms with Crippen molar-refractivity contribution >= 4 is 46.2 Å². The summed E-state index contributed by atoms with van der Waals surface area (Å²) in [4.78, 5) is 37.6. The van der Waals surface area contributed by atoms with Crippen LogP contribution in [0.5, 0.6) is 0 Å². The van der Waals surface area contributed by atoms with Gasteiger partial charge in [0.15, 0.2) is 6.73 Å². The summed E-state index contributed by atoms with van der Waals surface area (Å²) >= 11 is 2.16. The molecule has 0 saturated carbocycles. The highest BCUT2D eigenvalue weighted by molar-refractivity contribution is 14.1. The standard InChI is InChI=1S/C19H17IN2O5/c20-14-6-8-15(9-7-14)21-17(23)10-16-18(24)27-12-22(16)19(25)26-11-13-4-2-1-3-5-13/h1-9,16H,10-12H2,(H,21,23)/t16-/m1/s1. The van der Waals surface area contributed by atoms with Gasteiger partial charge in [0.1, 0.15) is 12.6 Å². The molecule has 2 amide bonds. The van der Waals surface area contributed by atoms with E-state index >= 15 is 0 Å². The minimum absolute atomic E-state index is 0.0753. The second-order valence-corrected chi connectivity index (χ2v) is 7.12. The molecule has 0 unspecified atom stereocenters. The number of halogens is 1. The number of esters is 1.